The van der Waals surface area contributed by atoms with Gasteiger partial charge < -0.3 is 15.3 Å². The summed E-state index contributed by atoms with van der Waals surface area (Å²) in [5.41, 5.74) is 1.56. The van der Waals surface area contributed by atoms with Crippen LogP contribution >= 0.6 is 36.4 Å². The van der Waals surface area contributed by atoms with Gasteiger partial charge in [0.1, 0.15) is 11.5 Å². The highest BCUT2D eigenvalue weighted by Gasteiger charge is 2.35. The number of carbonyl (C=O) groups excluding carboxylic acids is 1. The van der Waals surface area contributed by atoms with E-state index in [-0.39, 0.29) is 48.6 Å². The summed E-state index contributed by atoms with van der Waals surface area (Å²) in [4.78, 5) is 21.5. The number of imidazole rings is 1. The fourth-order valence-corrected chi connectivity index (χ4v) is 5.06. The summed E-state index contributed by atoms with van der Waals surface area (Å²) in [7, 11) is 0. The van der Waals surface area contributed by atoms with Crippen LogP contribution in [0.1, 0.15) is 33.1 Å². The normalized spacial score (nSPS) is 14.8. The lowest BCUT2D eigenvalue weighted by atomic mass is 10.1. The number of nitrogens with one attached hydrogen (secondary N) is 1. The minimum atomic E-state index is -4.55. The van der Waals surface area contributed by atoms with E-state index in [1.54, 1.807) is 13.8 Å². The first-order chi connectivity index (χ1) is 18.0. The van der Waals surface area contributed by atoms with Crippen molar-refractivity contribution < 1.29 is 23.1 Å². The van der Waals surface area contributed by atoms with Gasteiger partial charge in [0, 0.05) is 50.0 Å². The van der Waals surface area contributed by atoms with Gasteiger partial charge in [-0.25, -0.2) is 4.98 Å². The third-order valence-electron chi connectivity index (χ3n) is 6.86. The van der Waals surface area contributed by atoms with Gasteiger partial charge in [-0.1, -0.05) is 29.8 Å². The quantitative estimate of drug-likeness (QED) is 0.378. The highest BCUT2D eigenvalue weighted by atomic mass is 35.5. The maximum Gasteiger partial charge on any atom is 0.418 e. The third kappa shape index (κ3) is 7.41. The van der Waals surface area contributed by atoms with E-state index >= 15 is 0 Å². The van der Waals surface area contributed by atoms with Crippen LogP contribution in [-0.2, 0) is 6.18 Å². The molecule has 1 aromatic heterocycles. The molecule has 40 heavy (non-hydrogen) atoms. The van der Waals surface area contributed by atoms with Crippen molar-refractivity contribution in [2.45, 2.75) is 33.1 Å². The number of para-hydroxylation sites is 1. The summed E-state index contributed by atoms with van der Waals surface area (Å²) in [5, 5.41) is 14.0. The minimum Gasteiger partial charge on any atom is -0.390 e. The molecule has 3 aromatic rings. The third-order valence-corrected chi connectivity index (χ3v) is 7.27. The summed E-state index contributed by atoms with van der Waals surface area (Å²) >= 11 is 6.26. The van der Waals surface area contributed by atoms with Crippen molar-refractivity contribution in [2.75, 3.05) is 44.2 Å². The fraction of sp³-hybridized carbons (Fsp3) is 0.407. The Balaban J connectivity index is 0.00000280. The standard InChI is InChI=1S/C27H31ClF3N5O2.2ClH/c1-17-22(28)8-6-10-23(17)35-13-11-34(12-14-35)16-20(37)15-32-26(38)25-18(2)36(19(3)33-25)24-9-5-4-7-21(24)27(29,30)31;;/h4-10,20,37H,11-16H2,1-3H3,(H,32,38);2*1H. The Morgan fingerprint density at radius 1 is 1.02 bits per heavy atom. The number of aryl methyl sites for hydroxylation is 1. The van der Waals surface area contributed by atoms with Crippen molar-refractivity contribution in [3.05, 3.63) is 75.8 Å². The molecule has 1 atom stereocenters. The van der Waals surface area contributed by atoms with Crippen LogP contribution in [0.4, 0.5) is 18.9 Å². The first-order valence-electron chi connectivity index (χ1n) is 12.4. The van der Waals surface area contributed by atoms with Crippen LogP contribution in [0.2, 0.25) is 5.02 Å². The van der Waals surface area contributed by atoms with Crippen molar-refractivity contribution in [1.29, 1.82) is 0 Å². The number of hydrogen-bond acceptors (Lipinski definition) is 5. The topological polar surface area (TPSA) is 73.6 Å². The summed E-state index contributed by atoms with van der Waals surface area (Å²) in [6.45, 7) is 8.56. The second kappa shape index (κ2) is 13.9. The van der Waals surface area contributed by atoms with E-state index in [9.17, 15) is 23.1 Å². The van der Waals surface area contributed by atoms with Crippen LogP contribution in [0.15, 0.2) is 42.5 Å². The van der Waals surface area contributed by atoms with E-state index in [1.807, 2.05) is 25.1 Å². The predicted octanol–water partition coefficient (Wildman–Crippen LogP) is 5.23. The Hall–Kier alpha value is -2.50. The van der Waals surface area contributed by atoms with Crippen molar-refractivity contribution in [3.63, 3.8) is 0 Å². The van der Waals surface area contributed by atoms with E-state index in [2.05, 4.69) is 20.1 Å². The number of aliphatic hydroxyl groups excluding tert-OH is 1. The van der Waals surface area contributed by atoms with Gasteiger partial charge >= 0.3 is 6.18 Å². The number of rotatable bonds is 7. The summed E-state index contributed by atoms with van der Waals surface area (Å²) in [5.74, 6) is -0.285. The molecule has 0 spiro atoms. The number of halogens is 6. The van der Waals surface area contributed by atoms with Gasteiger partial charge in [0.2, 0.25) is 0 Å². The number of β-amino-alcohol motifs (C(OH)–C–C–N with tert-alkyl or cyclic N) is 1. The molecule has 1 aliphatic rings. The Morgan fingerprint density at radius 2 is 1.65 bits per heavy atom. The molecular weight excluding hydrogens is 590 g/mol. The second-order valence-corrected chi connectivity index (χ2v) is 9.89. The molecule has 1 aliphatic heterocycles. The van der Waals surface area contributed by atoms with E-state index in [1.165, 1.54) is 22.8 Å². The molecule has 0 radical (unpaired) electrons. The highest BCUT2D eigenvalue weighted by molar-refractivity contribution is 6.31. The zero-order valence-corrected chi connectivity index (χ0v) is 24.7. The number of aliphatic hydroxyl groups is 1. The van der Waals surface area contributed by atoms with Crippen LogP contribution in [-0.4, -0.2) is 70.8 Å². The maximum absolute atomic E-state index is 13.6. The van der Waals surface area contributed by atoms with Gasteiger partial charge in [-0.15, -0.1) is 24.8 Å². The molecule has 1 saturated heterocycles. The summed E-state index contributed by atoms with van der Waals surface area (Å²) in [6, 6.07) is 11.0. The van der Waals surface area contributed by atoms with Gasteiger partial charge in [-0.05, 0) is 50.6 Å². The zero-order chi connectivity index (χ0) is 27.6. The maximum atomic E-state index is 13.6. The second-order valence-electron chi connectivity index (χ2n) is 9.48. The lowest BCUT2D eigenvalue weighted by molar-refractivity contribution is -0.137. The molecule has 7 nitrogen and oxygen atoms in total. The average molecular weight is 623 g/mol. The van der Waals surface area contributed by atoms with Gasteiger partial charge in [0.25, 0.3) is 5.91 Å². The Morgan fingerprint density at radius 3 is 2.30 bits per heavy atom. The average Bonchev–Trinajstić information content (AvgIpc) is 3.18. The monoisotopic (exact) mass is 621 g/mol. The van der Waals surface area contributed by atoms with Crippen LogP contribution < -0.4 is 10.2 Å². The van der Waals surface area contributed by atoms with Crippen molar-refractivity contribution in [3.8, 4) is 5.69 Å². The van der Waals surface area contributed by atoms with Crippen LogP contribution in [0, 0.1) is 20.8 Å². The zero-order valence-electron chi connectivity index (χ0n) is 22.3. The number of benzene rings is 2. The molecule has 0 bridgehead atoms. The van der Waals surface area contributed by atoms with Crippen LogP contribution in [0.25, 0.3) is 5.69 Å². The molecule has 2 N–H and O–H groups in total. The molecule has 1 amide bonds. The Kier molecular flexibility index (Phi) is 11.7. The first-order valence-corrected chi connectivity index (χ1v) is 12.8. The van der Waals surface area contributed by atoms with Crippen molar-refractivity contribution in [2.24, 2.45) is 0 Å². The first kappa shape index (κ1) is 33.7. The van der Waals surface area contributed by atoms with E-state index in [4.69, 9.17) is 11.6 Å². The number of piperazine rings is 1. The van der Waals surface area contributed by atoms with Gasteiger partial charge in [-0.2, -0.15) is 13.2 Å². The molecule has 2 heterocycles. The largest absolute Gasteiger partial charge is 0.418 e. The molecule has 0 aliphatic carbocycles. The smallest absolute Gasteiger partial charge is 0.390 e. The summed E-state index contributed by atoms with van der Waals surface area (Å²) in [6.07, 6.45) is -5.36. The molecule has 4 rings (SSSR count). The molecule has 0 saturated carbocycles. The van der Waals surface area contributed by atoms with Crippen molar-refractivity contribution >= 4 is 48.0 Å². The fourth-order valence-electron chi connectivity index (χ4n) is 4.89. The van der Waals surface area contributed by atoms with E-state index in [0.29, 0.717) is 12.2 Å². The molecule has 1 fully saturated rings. The molecule has 2 aromatic carbocycles. The van der Waals surface area contributed by atoms with Gasteiger partial charge in [-0.3, -0.25) is 14.3 Å². The van der Waals surface area contributed by atoms with Crippen LogP contribution in [0.3, 0.4) is 0 Å². The Labute approximate surface area is 249 Å². The number of aromatic nitrogens is 2. The van der Waals surface area contributed by atoms with Crippen LogP contribution in [0.5, 0.6) is 0 Å². The van der Waals surface area contributed by atoms with E-state index in [0.717, 1.165) is 48.5 Å². The van der Waals surface area contributed by atoms with Gasteiger partial charge in [0.15, 0.2) is 0 Å². The number of hydrogen-bond donors (Lipinski definition) is 2. The highest BCUT2D eigenvalue weighted by Crippen LogP contribution is 2.35. The number of anilines is 1. The SMILES string of the molecule is Cc1c(Cl)cccc1N1CCN(CC(O)CNC(=O)c2nc(C)n(-c3ccccc3C(F)(F)F)c2C)CC1.Cl.Cl. The Bertz CT molecular complexity index is 1310. The number of carbonyl (C=O) groups is 1. The minimum absolute atomic E-state index is 0. The molecule has 1 unspecified atom stereocenters. The number of nitrogens with zero attached hydrogens (tertiary/aromatic N) is 4. The lowest BCUT2D eigenvalue weighted by Crippen LogP contribution is -2.50. The molecule has 220 valence electrons. The van der Waals surface area contributed by atoms with Crippen molar-refractivity contribution in [1.82, 2.24) is 19.8 Å². The summed E-state index contributed by atoms with van der Waals surface area (Å²) < 4.78 is 42.0. The molecule has 13 heteroatoms. The number of alkyl halides is 3. The predicted molar refractivity (Wildman–Crippen MR) is 156 cm³/mol. The molecular formula is C27H33Cl3F3N5O2. The van der Waals surface area contributed by atoms with E-state index < -0.39 is 23.8 Å². The number of amides is 1. The lowest BCUT2D eigenvalue weighted by Gasteiger charge is -2.37. The van der Waals surface area contributed by atoms with Gasteiger partial charge in [0.05, 0.1) is 23.0 Å².